The molecule has 2 saturated heterocycles. The average Bonchev–Trinajstić information content (AvgIpc) is 3.68. The van der Waals surface area contributed by atoms with Crippen molar-refractivity contribution in [3.63, 3.8) is 0 Å². The maximum Gasteiger partial charge on any atom is 0.132 e. The third-order valence-corrected chi connectivity index (χ3v) is 9.80. The third-order valence-electron chi connectivity index (χ3n) is 7.44. The highest BCUT2D eigenvalue weighted by Crippen LogP contribution is 2.31. The van der Waals surface area contributed by atoms with Crippen molar-refractivity contribution in [2.24, 2.45) is 0 Å². The molecule has 0 unspecified atom stereocenters. The number of thioether (sulfide) groups is 2. The molecule has 3 aromatic rings. The molecule has 2 aliphatic heterocycles. The van der Waals surface area contributed by atoms with E-state index in [1.807, 2.05) is 24.3 Å². The molecular formula is C26H36N6O10S2. The Kier molecular flexibility index (Phi) is 11.3. The molecular weight excluding hydrogens is 620 g/mol. The van der Waals surface area contributed by atoms with Crippen LogP contribution in [0.1, 0.15) is 22.5 Å². The summed E-state index contributed by atoms with van der Waals surface area (Å²) in [4.78, 5) is 0. The molecule has 0 saturated carbocycles. The Hall–Kier alpha value is -2.20. The number of aliphatic hydroxyl groups excluding tert-OH is 8. The zero-order valence-corrected chi connectivity index (χ0v) is 25.0. The lowest BCUT2D eigenvalue weighted by molar-refractivity contribution is -0.205. The first-order valence-corrected chi connectivity index (χ1v) is 16.0. The number of hydrogen-bond acceptors (Lipinski definition) is 16. The first kappa shape index (κ1) is 33.2. The highest BCUT2D eigenvalue weighted by atomic mass is 32.2. The lowest BCUT2D eigenvalue weighted by Crippen LogP contribution is -2.57. The predicted octanol–water partition coefficient (Wildman–Crippen LogP) is -2.97. The molecule has 242 valence electrons. The molecule has 18 heteroatoms. The summed E-state index contributed by atoms with van der Waals surface area (Å²) in [7, 11) is 0. The van der Waals surface area contributed by atoms with E-state index in [0.717, 1.165) is 11.1 Å². The Morgan fingerprint density at radius 1 is 0.614 bits per heavy atom. The minimum Gasteiger partial charge on any atom is -0.394 e. The molecule has 5 rings (SSSR count). The second-order valence-electron chi connectivity index (χ2n) is 10.6. The second-order valence-corrected chi connectivity index (χ2v) is 12.8. The van der Waals surface area contributed by atoms with Gasteiger partial charge in [0, 0.05) is 23.9 Å². The lowest BCUT2D eigenvalue weighted by Gasteiger charge is -2.39. The summed E-state index contributed by atoms with van der Waals surface area (Å²) in [5, 5.41) is 96.0. The van der Waals surface area contributed by atoms with Gasteiger partial charge in [-0.25, -0.2) is 9.36 Å². The van der Waals surface area contributed by atoms with Gasteiger partial charge in [-0.1, -0.05) is 34.7 Å². The van der Waals surface area contributed by atoms with Crippen molar-refractivity contribution in [2.75, 3.05) is 13.2 Å². The van der Waals surface area contributed by atoms with Crippen LogP contribution in [0.4, 0.5) is 0 Å². The summed E-state index contributed by atoms with van der Waals surface area (Å²) in [6, 6.07) is 7.75. The molecule has 2 aromatic heterocycles. The van der Waals surface area contributed by atoms with Crippen LogP contribution < -0.4 is 0 Å². The molecule has 2 fully saturated rings. The number of rotatable bonds is 12. The number of ether oxygens (including phenoxy) is 2. The van der Waals surface area contributed by atoms with Gasteiger partial charge in [0.2, 0.25) is 0 Å². The molecule has 0 aliphatic carbocycles. The second kappa shape index (κ2) is 14.9. The normalized spacial score (nSPS) is 32.6. The van der Waals surface area contributed by atoms with E-state index in [2.05, 4.69) is 20.6 Å². The van der Waals surface area contributed by atoms with E-state index in [1.54, 1.807) is 21.8 Å². The van der Waals surface area contributed by atoms with Gasteiger partial charge in [-0.15, -0.1) is 33.7 Å². The summed E-state index contributed by atoms with van der Waals surface area (Å²) >= 11 is 2.36. The SMILES string of the molecule is OC[C@H]1O[C@H](SCc2cn(Cc3ccccc3Cn3cc(CS[C@H]4O[C@H](CO)[C@@H](O)[C@H](O)[C@@H]4O)nn3)nn2)[C@@H](O)[C@@H](O)[C@@H]1O. The van der Waals surface area contributed by atoms with Crippen LogP contribution in [0.5, 0.6) is 0 Å². The summed E-state index contributed by atoms with van der Waals surface area (Å²) in [5.41, 5.74) is 1.44. The van der Waals surface area contributed by atoms with Gasteiger partial charge in [-0.2, -0.15) is 0 Å². The Morgan fingerprint density at radius 2 is 1.02 bits per heavy atom. The summed E-state index contributed by atoms with van der Waals surface area (Å²) in [6.45, 7) is -0.145. The van der Waals surface area contributed by atoms with Gasteiger partial charge >= 0.3 is 0 Å². The fraction of sp³-hybridized carbons (Fsp3) is 0.615. The highest BCUT2D eigenvalue weighted by Gasteiger charge is 2.44. The highest BCUT2D eigenvalue weighted by molar-refractivity contribution is 7.99. The number of aromatic nitrogens is 6. The largest absolute Gasteiger partial charge is 0.394 e. The van der Waals surface area contributed by atoms with Gasteiger partial charge in [0.25, 0.3) is 0 Å². The Bertz CT molecular complexity index is 1250. The van der Waals surface area contributed by atoms with Gasteiger partial charge < -0.3 is 50.3 Å². The number of benzene rings is 1. The Morgan fingerprint density at radius 3 is 1.41 bits per heavy atom. The Balaban J connectivity index is 1.15. The lowest BCUT2D eigenvalue weighted by atomic mass is 10.0. The van der Waals surface area contributed by atoms with Crippen LogP contribution in [-0.2, 0) is 34.1 Å². The Labute approximate surface area is 260 Å². The fourth-order valence-electron chi connectivity index (χ4n) is 4.92. The van der Waals surface area contributed by atoms with Gasteiger partial charge in [0.15, 0.2) is 0 Å². The van der Waals surface area contributed by atoms with E-state index in [9.17, 15) is 40.9 Å². The van der Waals surface area contributed by atoms with Gasteiger partial charge in [-0.05, 0) is 11.1 Å². The van der Waals surface area contributed by atoms with Gasteiger partial charge in [-0.3, -0.25) is 0 Å². The topological polar surface area (TPSA) is 242 Å². The van der Waals surface area contributed by atoms with Gasteiger partial charge in [0.05, 0.1) is 37.7 Å². The first-order valence-electron chi connectivity index (χ1n) is 13.9. The van der Waals surface area contributed by atoms with E-state index in [4.69, 9.17) is 9.47 Å². The molecule has 0 radical (unpaired) electrons. The molecule has 1 aromatic carbocycles. The van der Waals surface area contributed by atoms with Gasteiger partial charge in [0.1, 0.15) is 59.7 Å². The van der Waals surface area contributed by atoms with Crippen molar-refractivity contribution in [3.05, 3.63) is 59.2 Å². The fourth-order valence-corrected chi connectivity index (χ4v) is 7.02. The molecule has 0 bridgehead atoms. The van der Waals surface area contributed by atoms with Crippen molar-refractivity contribution >= 4 is 23.5 Å². The van der Waals surface area contributed by atoms with Crippen molar-refractivity contribution in [1.29, 1.82) is 0 Å². The van der Waals surface area contributed by atoms with Crippen molar-refractivity contribution in [3.8, 4) is 0 Å². The molecule has 4 heterocycles. The maximum atomic E-state index is 10.3. The van der Waals surface area contributed by atoms with E-state index in [0.29, 0.717) is 36.0 Å². The molecule has 0 spiro atoms. The minimum absolute atomic E-state index is 0.313. The number of aliphatic hydroxyl groups is 8. The van der Waals surface area contributed by atoms with Crippen LogP contribution in [0.2, 0.25) is 0 Å². The summed E-state index contributed by atoms with van der Waals surface area (Å²) in [5.74, 6) is 0.625. The molecule has 16 nitrogen and oxygen atoms in total. The third kappa shape index (κ3) is 7.60. The van der Waals surface area contributed by atoms with Crippen LogP contribution in [0.3, 0.4) is 0 Å². The van der Waals surface area contributed by atoms with Crippen LogP contribution in [-0.4, -0.2) is 144 Å². The molecule has 0 amide bonds. The average molecular weight is 657 g/mol. The number of nitrogens with zero attached hydrogens (tertiary/aromatic N) is 6. The summed E-state index contributed by atoms with van der Waals surface area (Å²) in [6.07, 6.45) is -6.78. The smallest absolute Gasteiger partial charge is 0.132 e. The molecule has 8 N–H and O–H groups in total. The van der Waals surface area contributed by atoms with Crippen LogP contribution in [0.25, 0.3) is 0 Å². The molecule has 2 aliphatic rings. The van der Waals surface area contributed by atoms with E-state index in [-0.39, 0.29) is 0 Å². The quantitative estimate of drug-likeness (QED) is 0.0971. The van der Waals surface area contributed by atoms with E-state index >= 15 is 0 Å². The van der Waals surface area contributed by atoms with E-state index < -0.39 is 72.9 Å². The molecule has 10 atom stereocenters. The monoisotopic (exact) mass is 656 g/mol. The zero-order valence-electron chi connectivity index (χ0n) is 23.4. The number of hydrogen-bond donors (Lipinski definition) is 8. The van der Waals surface area contributed by atoms with Crippen molar-refractivity contribution < 1.29 is 50.3 Å². The van der Waals surface area contributed by atoms with Crippen LogP contribution in [0.15, 0.2) is 36.7 Å². The van der Waals surface area contributed by atoms with Crippen molar-refractivity contribution in [1.82, 2.24) is 30.0 Å². The standard InChI is InChI=1S/C26H36N6O10S2/c33-9-17-19(35)21(37)23(39)25(41-17)43-11-15-7-31(29-27-15)5-13-3-1-2-4-14(13)6-32-8-16(28-30-32)12-44-26-24(40)22(38)20(36)18(10-34)42-26/h1-4,7-8,17-26,33-40H,5-6,9-12H2/t17-,18-,19-,20-,21+,22+,23+,24+,25-,26-/m1/s1. The molecule has 44 heavy (non-hydrogen) atoms. The summed E-state index contributed by atoms with van der Waals surface area (Å²) < 4.78 is 14.4. The minimum atomic E-state index is -1.44. The van der Waals surface area contributed by atoms with Crippen molar-refractivity contribution in [2.45, 2.75) is 84.3 Å². The van der Waals surface area contributed by atoms with Crippen LogP contribution >= 0.6 is 23.5 Å². The van der Waals surface area contributed by atoms with E-state index in [1.165, 1.54) is 23.5 Å². The first-order chi connectivity index (χ1) is 21.2. The predicted molar refractivity (Wildman–Crippen MR) is 155 cm³/mol. The maximum absolute atomic E-state index is 10.3. The zero-order chi connectivity index (χ0) is 31.4. The van der Waals surface area contributed by atoms with Crippen LogP contribution in [0, 0.1) is 0 Å².